The van der Waals surface area contributed by atoms with E-state index in [0.717, 1.165) is 31.9 Å². The Labute approximate surface area is 136 Å². The Hall–Kier alpha value is -2.47. The maximum absolute atomic E-state index is 12.1. The number of rotatable bonds is 3. The Kier molecular flexibility index (Phi) is 4.52. The van der Waals surface area contributed by atoms with Crippen molar-refractivity contribution in [3.8, 4) is 0 Å². The van der Waals surface area contributed by atoms with Crippen LogP contribution in [0.1, 0.15) is 16.2 Å². The van der Waals surface area contributed by atoms with E-state index in [9.17, 15) is 4.79 Å². The molecule has 3 rings (SSSR count). The van der Waals surface area contributed by atoms with Crippen LogP contribution < -0.4 is 10.2 Å². The lowest BCUT2D eigenvalue weighted by atomic mass is 10.2. The van der Waals surface area contributed by atoms with E-state index >= 15 is 0 Å². The molecule has 1 aliphatic heterocycles. The predicted octanol–water partition coefficient (Wildman–Crippen LogP) is 1.79. The summed E-state index contributed by atoms with van der Waals surface area (Å²) < 4.78 is 0. The number of carbonyl (C=O) groups excluding carboxylic acids is 1. The van der Waals surface area contributed by atoms with Gasteiger partial charge in [0.25, 0.3) is 5.91 Å². The van der Waals surface area contributed by atoms with E-state index in [1.807, 2.05) is 24.3 Å². The van der Waals surface area contributed by atoms with Gasteiger partial charge in [0.05, 0.1) is 5.56 Å². The first kappa shape index (κ1) is 15.4. The molecule has 1 aromatic heterocycles. The Morgan fingerprint density at radius 2 is 1.65 bits per heavy atom. The maximum Gasteiger partial charge on any atom is 0.258 e. The van der Waals surface area contributed by atoms with Crippen LogP contribution in [0.2, 0.25) is 0 Å². The van der Waals surface area contributed by atoms with Crippen LogP contribution in [0.4, 0.5) is 11.4 Å². The summed E-state index contributed by atoms with van der Waals surface area (Å²) in [7, 11) is 2.14. The molecule has 0 aliphatic carbocycles. The fraction of sp³-hybridized carbons (Fsp3) is 0.353. The van der Waals surface area contributed by atoms with Gasteiger partial charge < -0.3 is 15.1 Å². The van der Waals surface area contributed by atoms with Gasteiger partial charge in [0.2, 0.25) is 0 Å². The lowest BCUT2D eigenvalue weighted by molar-refractivity contribution is 0.102. The standard InChI is InChI=1S/C17H21N5O/c1-13-18-11-14(12-19-13)17(23)20-15-3-5-16(6-4-15)22-9-7-21(2)8-10-22/h3-6,11-12H,7-10H2,1-2H3,(H,20,23). The summed E-state index contributed by atoms with van der Waals surface area (Å²) in [6.45, 7) is 6.00. The highest BCUT2D eigenvalue weighted by atomic mass is 16.1. The average Bonchev–Trinajstić information content (AvgIpc) is 2.57. The molecule has 0 bridgehead atoms. The zero-order valence-corrected chi connectivity index (χ0v) is 13.5. The molecule has 0 saturated carbocycles. The van der Waals surface area contributed by atoms with Gasteiger partial charge in [0, 0.05) is 49.9 Å². The van der Waals surface area contributed by atoms with E-state index in [1.54, 1.807) is 6.92 Å². The zero-order chi connectivity index (χ0) is 16.2. The largest absolute Gasteiger partial charge is 0.369 e. The summed E-state index contributed by atoms with van der Waals surface area (Å²) >= 11 is 0. The second-order valence-electron chi connectivity index (χ2n) is 5.81. The molecule has 0 atom stereocenters. The van der Waals surface area contributed by atoms with Crippen LogP contribution in [0, 0.1) is 6.92 Å². The first-order valence-electron chi connectivity index (χ1n) is 7.75. The third kappa shape index (κ3) is 3.84. The molecule has 1 aliphatic rings. The lowest BCUT2D eigenvalue weighted by Crippen LogP contribution is -2.44. The number of likely N-dealkylation sites (N-methyl/N-ethyl adjacent to an activating group) is 1. The minimum absolute atomic E-state index is 0.197. The number of piperazine rings is 1. The Morgan fingerprint density at radius 3 is 2.26 bits per heavy atom. The van der Waals surface area contributed by atoms with Crippen LogP contribution in [-0.2, 0) is 0 Å². The van der Waals surface area contributed by atoms with E-state index in [2.05, 4.69) is 32.1 Å². The van der Waals surface area contributed by atoms with Crippen molar-refractivity contribution in [1.82, 2.24) is 14.9 Å². The van der Waals surface area contributed by atoms with E-state index < -0.39 is 0 Å². The molecule has 1 amide bonds. The highest BCUT2D eigenvalue weighted by Crippen LogP contribution is 2.19. The second-order valence-corrected chi connectivity index (χ2v) is 5.81. The number of benzene rings is 1. The van der Waals surface area contributed by atoms with Gasteiger partial charge in [-0.1, -0.05) is 0 Å². The second kappa shape index (κ2) is 6.75. The van der Waals surface area contributed by atoms with Crippen molar-refractivity contribution in [2.75, 3.05) is 43.4 Å². The Bertz CT molecular complexity index is 660. The van der Waals surface area contributed by atoms with Gasteiger partial charge in [-0.05, 0) is 38.2 Å². The number of nitrogens with zero attached hydrogens (tertiary/aromatic N) is 4. The predicted molar refractivity (Wildman–Crippen MR) is 90.9 cm³/mol. The molecule has 6 heteroatoms. The number of carbonyl (C=O) groups is 1. The molecule has 2 aromatic rings. The van der Waals surface area contributed by atoms with Gasteiger partial charge >= 0.3 is 0 Å². The number of hydrogen-bond donors (Lipinski definition) is 1. The fourth-order valence-electron chi connectivity index (χ4n) is 2.53. The summed E-state index contributed by atoms with van der Waals surface area (Å²) in [4.78, 5) is 24.9. The van der Waals surface area contributed by atoms with E-state index in [0.29, 0.717) is 11.4 Å². The Morgan fingerprint density at radius 1 is 1.04 bits per heavy atom. The highest BCUT2D eigenvalue weighted by molar-refractivity contribution is 6.03. The normalized spacial score (nSPS) is 15.5. The minimum Gasteiger partial charge on any atom is -0.369 e. The summed E-state index contributed by atoms with van der Waals surface area (Å²) in [5, 5.41) is 2.87. The van der Waals surface area contributed by atoms with Crippen molar-refractivity contribution in [3.05, 3.63) is 48.0 Å². The molecule has 1 saturated heterocycles. The third-order valence-corrected chi connectivity index (χ3v) is 4.04. The SMILES string of the molecule is Cc1ncc(C(=O)Nc2ccc(N3CCN(C)CC3)cc2)cn1. The van der Waals surface area contributed by atoms with Crippen molar-refractivity contribution < 1.29 is 4.79 Å². The summed E-state index contributed by atoms with van der Waals surface area (Å²) in [5.74, 6) is 0.454. The maximum atomic E-state index is 12.1. The molecule has 0 unspecified atom stereocenters. The summed E-state index contributed by atoms with van der Waals surface area (Å²) in [5.41, 5.74) is 2.42. The van der Waals surface area contributed by atoms with E-state index in [1.165, 1.54) is 18.1 Å². The summed E-state index contributed by atoms with van der Waals surface area (Å²) in [6, 6.07) is 7.96. The molecule has 1 fully saturated rings. The molecular formula is C17H21N5O. The third-order valence-electron chi connectivity index (χ3n) is 4.04. The number of aryl methyl sites for hydroxylation is 1. The molecule has 1 aromatic carbocycles. The van der Waals surface area contributed by atoms with Crippen molar-refractivity contribution >= 4 is 17.3 Å². The lowest BCUT2D eigenvalue weighted by Gasteiger charge is -2.34. The monoisotopic (exact) mass is 311 g/mol. The van der Waals surface area contributed by atoms with Crippen LogP contribution in [0.3, 0.4) is 0 Å². The fourth-order valence-corrected chi connectivity index (χ4v) is 2.53. The quantitative estimate of drug-likeness (QED) is 0.936. The number of aromatic nitrogens is 2. The number of hydrogen-bond acceptors (Lipinski definition) is 5. The van der Waals surface area contributed by atoms with Crippen LogP contribution in [0.25, 0.3) is 0 Å². The molecule has 0 radical (unpaired) electrons. The Balaban J connectivity index is 1.63. The number of nitrogens with one attached hydrogen (secondary N) is 1. The zero-order valence-electron chi connectivity index (χ0n) is 13.5. The van der Waals surface area contributed by atoms with Crippen LogP contribution in [-0.4, -0.2) is 54.0 Å². The van der Waals surface area contributed by atoms with Gasteiger partial charge in [-0.2, -0.15) is 0 Å². The number of anilines is 2. The smallest absolute Gasteiger partial charge is 0.258 e. The molecule has 0 spiro atoms. The van der Waals surface area contributed by atoms with Crippen LogP contribution in [0.5, 0.6) is 0 Å². The van der Waals surface area contributed by atoms with Gasteiger partial charge in [-0.25, -0.2) is 9.97 Å². The van der Waals surface area contributed by atoms with Crippen molar-refractivity contribution in [3.63, 3.8) is 0 Å². The minimum atomic E-state index is -0.197. The van der Waals surface area contributed by atoms with E-state index in [-0.39, 0.29) is 5.91 Å². The van der Waals surface area contributed by atoms with E-state index in [4.69, 9.17) is 0 Å². The summed E-state index contributed by atoms with van der Waals surface area (Å²) in [6.07, 6.45) is 3.08. The highest BCUT2D eigenvalue weighted by Gasteiger charge is 2.14. The molecule has 1 N–H and O–H groups in total. The first-order valence-corrected chi connectivity index (χ1v) is 7.75. The first-order chi connectivity index (χ1) is 11.1. The molecule has 120 valence electrons. The van der Waals surface area contributed by atoms with Crippen molar-refractivity contribution in [2.45, 2.75) is 6.92 Å². The van der Waals surface area contributed by atoms with Crippen LogP contribution >= 0.6 is 0 Å². The van der Waals surface area contributed by atoms with Gasteiger partial charge in [0.15, 0.2) is 0 Å². The average molecular weight is 311 g/mol. The molecular weight excluding hydrogens is 290 g/mol. The topological polar surface area (TPSA) is 61.4 Å². The van der Waals surface area contributed by atoms with Crippen LogP contribution in [0.15, 0.2) is 36.7 Å². The van der Waals surface area contributed by atoms with Gasteiger partial charge in [0.1, 0.15) is 5.82 Å². The molecule has 2 heterocycles. The van der Waals surface area contributed by atoms with Crippen molar-refractivity contribution in [1.29, 1.82) is 0 Å². The van der Waals surface area contributed by atoms with Gasteiger partial charge in [-0.3, -0.25) is 4.79 Å². The molecule has 6 nitrogen and oxygen atoms in total. The van der Waals surface area contributed by atoms with Gasteiger partial charge in [-0.15, -0.1) is 0 Å². The van der Waals surface area contributed by atoms with Crippen molar-refractivity contribution in [2.24, 2.45) is 0 Å². The number of amides is 1. The molecule has 23 heavy (non-hydrogen) atoms.